The van der Waals surface area contributed by atoms with Crippen molar-refractivity contribution < 1.29 is 35.5 Å². The normalized spacial score (nSPS) is 23.7. The van der Waals surface area contributed by atoms with E-state index < -0.39 is 53.8 Å². The molecular formula is C25H27F7N4OS. The molecule has 3 heterocycles. The Bertz CT molecular complexity index is 1140. The minimum Gasteiger partial charge on any atom is -0.357 e. The number of fused-ring (bicyclic) bond motifs is 1. The summed E-state index contributed by atoms with van der Waals surface area (Å²) in [7, 11) is 0. The molecule has 4 rings (SSSR count). The molecular weight excluding hydrogens is 537 g/mol. The lowest BCUT2D eigenvalue weighted by atomic mass is 9.89. The van der Waals surface area contributed by atoms with Gasteiger partial charge in [-0.15, -0.1) is 0 Å². The van der Waals surface area contributed by atoms with Gasteiger partial charge in [-0.1, -0.05) is 20.1 Å². The molecule has 0 bridgehead atoms. The van der Waals surface area contributed by atoms with E-state index in [1.54, 1.807) is 8.99 Å². The van der Waals surface area contributed by atoms with Gasteiger partial charge in [-0.3, -0.25) is 4.90 Å². The van der Waals surface area contributed by atoms with E-state index >= 15 is 0 Å². The van der Waals surface area contributed by atoms with Gasteiger partial charge >= 0.3 is 6.18 Å². The zero-order chi connectivity index (χ0) is 28.2. The molecule has 13 heteroatoms. The highest BCUT2D eigenvalue weighted by Crippen LogP contribution is 2.42. The Kier molecular flexibility index (Phi) is 9.85. The molecule has 1 aromatic carbocycles. The summed E-state index contributed by atoms with van der Waals surface area (Å²) in [6, 6.07) is 0.631. The van der Waals surface area contributed by atoms with Crippen LogP contribution in [-0.2, 0) is 17.8 Å². The number of ether oxygens (including phenoxy) is 1. The zero-order valence-corrected chi connectivity index (χ0v) is 21.2. The first-order valence-electron chi connectivity index (χ1n) is 11.5. The van der Waals surface area contributed by atoms with Crippen LogP contribution in [0.25, 0.3) is 0 Å². The van der Waals surface area contributed by atoms with Gasteiger partial charge in [-0.05, 0) is 48.7 Å². The highest BCUT2D eigenvalue weighted by molar-refractivity contribution is 7.97. The van der Waals surface area contributed by atoms with Gasteiger partial charge in [-0.25, -0.2) is 21.6 Å². The Labute approximate surface area is 219 Å². The first kappa shape index (κ1) is 29.9. The van der Waals surface area contributed by atoms with Gasteiger partial charge in [0.15, 0.2) is 6.10 Å². The Hall–Kier alpha value is -2.61. The average Bonchev–Trinajstić information content (AvgIpc) is 3.38. The molecule has 0 spiro atoms. The van der Waals surface area contributed by atoms with E-state index in [1.165, 1.54) is 11.9 Å². The molecule has 2 aliphatic heterocycles. The van der Waals surface area contributed by atoms with Crippen LogP contribution in [0.2, 0.25) is 0 Å². The Morgan fingerprint density at radius 2 is 1.84 bits per heavy atom. The van der Waals surface area contributed by atoms with Crippen molar-refractivity contribution in [1.29, 1.82) is 0 Å². The molecule has 208 valence electrons. The van der Waals surface area contributed by atoms with Gasteiger partial charge in [0.05, 0.1) is 5.69 Å². The second kappa shape index (κ2) is 12.5. The fourth-order valence-electron chi connectivity index (χ4n) is 4.31. The number of nitrogens with two attached hydrogens (primary N) is 1. The van der Waals surface area contributed by atoms with Gasteiger partial charge in [0.2, 0.25) is 0 Å². The van der Waals surface area contributed by atoms with Crippen LogP contribution < -0.4 is 5.73 Å². The van der Waals surface area contributed by atoms with Crippen molar-refractivity contribution in [2.75, 3.05) is 5.75 Å². The summed E-state index contributed by atoms with van der Waals surface area (Å²) in [6.07, 6.45) is -4.70. The van der Waals surface area contributed by atoms with Crippen molar-refractivity contribution in [2.24, 2.45) is 5.73 Å². The molecule has 5 nitrogen and oxygen atoms in total. The predicted molar refractivity (Wildman–Crippen MR) is 131 cm³/mol. The Balaban J connectivity index is 0.000000436. The van der Waals surface area contributed by atoms with Gasteiger partial charge in [-0.2, -0.15) is 18.3 Å². The average molecular weight is 565 g/mol. The smallest absolute Gasteiger partial charge is 0.357 e. The van der Waals surface area contributed by atoms with Gasteiger partial charge in [0.1, 0.15) is 29.4 Å². The van der Waals surface area contributed by atoms with E-state index in [2.05, 4.69) is 18.3 Å². The van der Waals surface area contributed by atoms with Crippen LogP contribution in [0.3, 0.4) is 0 Å². The summed E-state index contributed by atoms with van der Waals surface area (Å²) < 4.78 is 99.6. The molecule has 0 aliphatic carbocycles. The standard InChI is InChI=1S/C19H21F5N4OS.C6H6F2/c1-2-30-28-8-10-7-27(9-15(10)26-28)16-6-14(25)17(29-18(16)19(22,23)24)12-5-11(20)3-4-13(12)21;1-5(7)3-4-6(2)8/h3-5,8,14,16-18H,2,6-7,9,25H2,1H3;3-4H,1-2H2/b;4-3-/t14?,16?,17-,18?;/m1./s1. The molecule has 0 saturated carbocycles. The largest absolute Gasteiger partial charge is 0.416 e. The molecule has 0 radical (unpaired) electrons. The summed E-state index contributed by atoms with van der Waals surface area (Å²) in [6.45, 7) is 8.26. The van der Waals surface area contributed by atoms with Crippen LogP contribution in [0.15, 0.2) is 61.4 Å². The van der Waals surface area contributed by atoms with Crippen LogP contribution in [0.1, 0.15) is 36.3 Å². The lowest BCUT2D eigenvalue weighted by Crippen LogP contribution is -2.58. The van der Waals surface area contributed by atoms with E-state index in [4.69, 9.17) is 10.5 Å². The number of hydrogen-bond acceptors (Lipinski definition) is 5. The van der Waals surface area contributed by atoms with E-state index in [9.17, 15) is 30.7 Å². The van der Waals surface area contributed by atoms with E-state index in [0.29, 0.717) is 6.54 Å². The maximum atomic E-state index is 14.2. The van der Waals surface area contributed by atoms with E-state index in [0.717, 1.165) is 47.4 Å². The third-order valence-electron chi connectivity index (χ3n) is 5.89. The minimum absolute atomic E-state index is 0.0707. The second-order valence-electron chi connectivity index (χ2n) is 8.71. The highest BCUT2D eigenvalue weighted by Gasteiger charge is 2.54. The highest BCUT2D eigenvalue weighted by atomic mass is 32.2. The fourth-order valence-corrected chi connectivity index (χ4v) is 4.94. The van der Waals surface area contributed by atoms with E-state index in [1.807, 2.05) is 13.1 Å². The molecule has 38 heavy (non-hydrogen) atoms. The number of aromatic nitrogens is 2. The summed E-state index contributed by atoms with van der Waals surface area (Å²) >= 11 is 1.50. The van der Waals surface area contributed by atoms with Crippen molar-refractivity contribution in [2.45, 2.75) is 56.9 Å². The molecule has 2 aliphatic rings. The molecule has 3 unspecified atom stereocenters. The molecule has 1 aromatic heterocycles. The number of nitrogens with zero attached hydrogens (tertiary/aromatic N) is 3. The van der Waals surface area contributed by atoms with E-state index in [-0.39, 0.29) is 18.5 Å². The predicted octanol–water partition coefficient (Wildman–Crippen LogP) is 6.29. The number of rotatable bonds is 6. The SMILES string of the molecule is C=C(F)/C=C\C(=C)F.CCSn1cc2c(n1)CN(C1CC(N)[C@@H](c3cc(F)ccc3F)OC1C(F)(F)F)C2. The second-order valence-corrected chi connectivity index (χ2v) is 9.91. The lowest BCUT2D eigenvalue weighted by molar-refractivity contribution is -0.269. The third-order valence-corrected chi connectivity index (χ3v) is 6.60. The van der Waals surface area contributed by atoms with Crippen molar-refractivity contribution in [3.63, 3.8) is 0 Å². The number of hydrogen-bond donors (Lipinski definition) is 1. The van der Waals surface area contributed by atoms with Crippen molar-refractivity contribution in [3.8, 4) is 0 Å². The fraction of sp³-hybridized carbons (Fsp3) is 0.400. The maximum Gasteiger partial charge on any atom is 0.416 e. The van der Waals surface area contributed by atoms with Crippen LogP contribution in [0, 0.1) is 11.6 Å². The number of benzene rings is 1. The topological polar surface area (TPSA) is 56.3 Å². The molecule has 2 N–H and O–H groups in total. The van der Waals surface area contributed by atoms with Gasteiger partial charge in [0, 0.05) is 48.2 Å². The Morgan fingerprint density at radius 3 is 2.39 bits per heavy atom. The van der Waals surface area contributed by atoms with Crippen LogP contribution in [0.5, 0.6) is 0 Å². The molecule has 1 fully saturated rings. The lowest BCUT2D eigenvalue weighted by Gasteiger charge is -2.44. The zero-order valence-electron chi connectivity index (χ0n) is 20.4. The monoisotopic (exact) mass is 564 g/mol. The van der Waals surface area contributed by atoms with Crippen LogP contribution in [-0.4, -0.2) is 44.2 Å². The maximum absolute atomic E-state index is 14.2. The molecule has 1 saturated heterocycles. The molecule has 4 atom stereocenters. The summed E-state index contributed by atoms with van der Waals surface area (Å²) in [5.41, 5.74) is 7.40. The third kappa shape index (κ3) is 7.49. The van der Waals surface area contributed by atoms with Crippen LogP contribution >= 0.6 is 11.9 Å². The Morgan fingerprint density at radius 1 is 1.18 bits per heavy atom. The summed E-state index contributed by atoms with van der Waals surface area (Å²) in [4.78, 5) is 1.65. The van der Waals surface area contributed by atoms with Crippen molar-refractivity contribution in [1.82, 2.24) is 14.1 Å². The minimum atomic E-state index is -4.69. The van der Waals surface area contributed by atoms with Crippen molar-refractivity contribution >= 4 is 11.9 Å². The van der Waals surface area contributed by atoms with Crippen molar-refractivity contribution in [3.05, 3.63) is 89.8 Å². The number of halogens is 7. The molecule has 0 amide bonds. The first-order valence-corrected chi connectivity index (χ1v) is 12.5. The van der Waals surface area contributed by atoms with Gasteiger partial charge < -0.3 is 10.5 Å². The number of allylic oxidation sites excluding steroid dienone is 4. The van der Waals surface area contributed by atoms with Crippen LogP contribution in [0.4, 0.5) is 30.7 Å². The first-order chi connectivity index (χ1) is 17.8. The number of alkyl halides is 3. The quantitative estimate of drug-likeness (QED) is 0.330. The van der Waals surface area contributed by atoms with Gasteiger partial charge in [0.25, 0.3) is 0 Å². The summed E-state index contributed by atoms with van der Waals surface area (Å²) in [5.74, 6) is -2.14. The summed E-state index contributed by atoms with van der Waals surface area (Å²) in [5, 5.41) is 4.41. The molecule has 2 aromatic rings.